The van der Waals surface area contributed by atoms with Crippen molar-refractivity contribution in [2.24, 2.45) is 0 Å². The number of nitrogens with zero attached hydrogens (tertiary/aromatic N) is 2. The van der Waals surface area contributed by atoms with E-state index in [0.717, 1.165) is 54.5 Å². The Hall–Kier alpha value is -3.13. The number of imide groups is 1. The van der Waals surface area contributed by atoms with Gasteiger partial charge in [0.25, 0.3) is 11.1 Å². The van der Waals surface area contributed by atoms with Gasteiger partial charge in [0.1, 0.15) is 0 Å². The number of ketones is 1. The molecule has 180 valence electrons. The Morgan fingerprint density at radius 1 is 1.00 bits per heavy atom. The number of rotatable bonds is 5. The summed E-state index contributed by atoms with van der Waals surface area (Å²) in [6.45, 7) is 3.69. The van der Waals surface area contributed by atoms with Crippen LogP contribution in [-0.2, 0) is 4.79 Å². The lowest BCUT2D eigenvalue weighted by Crippen LogP contribution is -2.33. The van der Waals surface area contributed by atoms with E-state index in [4.69, 9.17) is 11.6 Å². The Morgan fingerprint density at radius 2 is 1.69 bits per heavy atom. The minimum Gasteiger partial charge on any atom is -0.317 e. The number of amides is 2. The SMILES string of the molecule is Cc1cc(/C=C2\SC(=O)N(CC(=O)c3ccc(Cl)cc3)C2=O)c(C)n1-c1ccc(Br)c2ccccc12. The van der Waals surface area contributed by atoms with Crippen LogP contribution in [0.2, 0.25) is 5.02 Å². The zero-order valence-electron chi connectivity index (χ0n) is 19.4. The van der Waals surface area contributed by atoms with Gasteiger partial charge in [-0.05, 0) is 85.1 Å². The Morgan fingerprint density at radius 3 is 2.42 bits per heavy atom. The zero-order chi connectivity index (χ0) is 25.6. The van der Waals surface area contributed by atoms with Gasteiger partial charge in [-0.2, -0.15) is 0 Å². The molecule has 0 radical (unpaired) electrons. The quantitative estimate of drug-likeness (QED) is 0.181. The first-order valence-corrected chi connectivity index (χ1v) is 13.1. The summed E-state index contributed by atoms with van der Waals surface area (Å²) < 4.78 is 3.17. The smallest absolute Gasteiger partial charge is 0.293 e. The van der Waals surface area contributed by atoms with Crippen LogP contribution in [-0.4, -0.2) is 32.9 Å². The Bertz CT molecular complexity index is 1590. The molecule has 2 heterocycles. The summed E-state index contributed by atoms with van der Waals surface area (Å²) in [6, 6.07) is 20.6. The maximum Gasteiger partial charge on any atom is 0.293 e. The van der Waals surface area contributed by atoms with Crippen molar-refractivity contribution in [1.29, 1.82) is 0 Å². The molecule has 1 aliphatic rings. The molecule has 0 saturated carbocycles. The first kappa shape index (κ1) is 24.6. The second kappa shape index (κ2) is 9.73. The predicted molar refractivity (Wildman–Crippen MR) is 149 cm³/mol. The maximum atomic E-state index is 13.1. The van der Waals surface area contributed by atoms with Crippen LogP contribution in [0.15, 0.2) is 76.1 Å². The lowest BCUT2D eigenvalue weighted by atomic mass is 10.1. The van der Waals surface area contributed by atoms with Gasteiger partial charge in [0.05, 0.1) is 17.1 Å². The minimum atomic E-state index is -0.466. The molecular weight excluding hydrogens is 560 g/mol. The van der Waals surface area contributed by atoms with Gasteiger partial charge in [-0.3, -0.25) is 19.3 Å². The number of thioether (sulfide) groups is 1. The van der Waals surface area contributed by atoms with Crippen LogP contribution in [0, 0.1) is 13.8 Å². The highest BCUT2D eigenvalue weighted by Gasteiger charge is 2.36. The van der Waals surface area contributed by atoms with Gasteiger partial charge in [0.15, 0.2) is 5.78 Å². The van der Waals surface area contributed by atoms with E-state index in [-0.39, 0.29) is 12.3 Å². The third-order valence-electron chi connectivity index (χ3n) is 6.19. The van der Waals surface area contributed by atoms with Gasteiger partial charge in [-0.15, -0.1) is 0 Å². The second-order valence-electron chi connectivity index (χ2n) is 8.47. The second-order valence-corrected chi connectivity index (χ2v) is 10.8. The van der Waals surface area contributed by atoms with Crippen LogP contribution in [0.25, 0.3) is 22.5 Å². The predicted octanol–water partition coefficient (Wildman–Crippen LogP) is 7.58. The average molecular weight is 580 g/mol. The summed E-state index contributed by atoms with van der Waals surface area (Å²) in [5, 5.41) is 2.26. The van der Waals surface area contributed by atoms with Crippen molar-refractivity contribution in [3.05, 3.63) is 104 Å². The summed E-state index contributed by atoms with van der Waals surface area (Å²) in [4.78, 5) is 39.6. The van der Waals surface area contributed by atoms with Crippen LogP contribution >= 0.6 is 39.3 Å². The highest BCUT2D eigenvalue weighted by Crippen LogP contribution is 2.35. The van der Waals surface area contributed by atoms with Gasteiger partial charge >= 0.3 is 0 Å². The van der Waals surface area contributed by atoms with Crippen LogP contribution < -0.4 is 0 Å². The highest BCUT2D eigenvalue weighted by atomic mass is 79.9. The monoisotopic (exact) mass is 578 g/mol. The van der Waals surface area contributed by atoms with Crippen molar-refractivity contribution < 1.29 is 14.4 Å². The topological polar surface area (TPSA) is 59.4 Å². The van der Waals surface area contributed by atoms with E-state index >= 15 is 0 Å². The molecule has 1 aromatic heterocycles. The van der Waals surface area contributed by atoms with Crippen LogP contribution in [0.5, 0.6) is 0 Å². The molecule has 2 amide bonds. The summed E-state index contributed by atoms with van der Waals surface area (Å²) in [5.41, 5.74) is 4.22. The molecule has 36 heavy (non-hydrogen) atoms. The van der Waals surface area contributed by atoms with Gasteiger partial charge in [0, 0.05) is 31.8 Å². The lowest BCUT2D eigenvalue weighted by molar-refractivity contribution is -0.122. The number of Topliss-reactive ketones (excluding diaryl/α,β-unsaturated/α-hetero) is 1. The number of hydrogen-bond acceptors (Lipinski definition) is 4. The fourth-order valence-electron chi connectivity index (χ4n) is 4.39. The molecule has 0 aliphatic carbocycles. The van der Waals surface area contributed by atoms with Crippen LogP contribution in [0.1, 0.15) is 27.3 Å². The maximum absolute atomic E-state index is 13.1. The number of aryl methyl sites for hydroxylation is 1. The largest absolute Gasteiger partial charge is 0.317 e. The Kier molecular flexibility index (Phi) is 6.64. The van der Waals surface area contributed by atoms with Crippen molar-refractivity contribution in [3.63, 3.8) is 0 Å². The summed E-state index contributed by atoms with van der Waals surface area (Å²) in [7, 11) is 0. The molecule has 0 atom stereocenters. The Balaban J connectivity index is 1.46. The van der Waals surface area contributed by atoms with Crippen molar-refractivity contribution in [3.8, 4) is 5.69 Å². The molecule has 1 fully saturated rings. The molecule has 0 bridgehead atoms. The van der Waals surface area contributed by atoms with E-state index in [1.54, 1.807) is 30.3 Å². The van der Waals surface area contributed by atoms with Crippen molar-refractivity contribution in [2.75, 3.05) is 6.54 Å². The number of aromatic nitrogens is 1. The summed E-state index contributed by atoms with van der Waals surface area (Å²) in [5.74, 6) is -0.790. The van der Waals surface area contributed by atoms with Crippen molar-refractivity contribution in [2.45, 2.75) is 13.8 Å². The van der Waals surface area contributed by atoms with Crippen molar-refractivity contribution in [1.82, 2.24) is 9.47 Å². The molecular formula is C28H20BrClN2O3S. The number of carbonyl (C=O) groups excluding carboxylic acids is 3. The van der Waals surface area contributed by atoms with E-state index in [1.165, 1.54) is 0 Å². The fraction of sp³-hybridized carbons (Fsp3) is 0.107. The zero-order valence-corrected chi connectivity index (χ0v) is 22.6. The molecule has 5 nitrogen and oxygen atoms in total. The molecule has 1 saturated heterocycles. The first-order chi connectivity index (χ1) is 17.2. The molecule has 4 aromatic rings. The number of benzene rings is 3. The third-order valence-corrected chi connectivity index (χ3v) is 8.04. The van der Waals surface area contributed by atoms with Gasteiger partial charge in [-0.25, -0.2) is 0 Å². The first-order valence-electron chi connectivity index (χ1n) is 11.2. The van der Waals surface area contributed by atoms with E-state index < -0.39 is 11.1 Å². The fourth-order valence-corrected chi connectivity index (χ4v) is 5.83. The molecule has 5 rings (SSSR count). The molecule has 8 heteroatoms. The van der Waals surface area contributed by atoms with E-state index in [1.807, 2.05) is 38.1 Å². The number of carbonyl (C=O) groups is 3. The molecule has 0 N–H and O–H groups in total. The van der Waals surface area contributed by atoms with E-state index in [0.29, 0.717) is 15.5 Å². The summed E-state index contributed by atoms with van der Waals surface area (Å²) >= 11 is 10.4. The number of hydrogen-bond donors (Lipinski definition) is 0. The summed E-state index contributed by atoms with van der Waals surface area (Å²) in [6.07, 6.45) is 1.73. The van der Waals surface area contributed by atoms with Crippen molar-refractivity contribution >= 4 is 73.1 Å². The molecule has 0 unspecified atom stereocenters. The van der Waals surface area contributed by atoms with Gasteiger partial charge in [-0.1, -0.05) is 51.8 Å². The highest BCUT2D eigenvalue weighted by molar-refractivity contribution is 9.10. The lowest BCUT2D eigenvalue weighted by Gasteiger charge is -2.14. The number of halogens is 2. The van der Waals surface area contributed by atoms with E-state index in [2.05, 4.69) is 38.7 Å². The number of fused-ring (bicyclic) bond motifs is 1. The minimum absolute atomic E-state index is 0.296. The van der Waals surface area contributed by atoms with Crippen LogP contribution in [0.4, 0.5) is 4.79 Å². The van der Waals surface area contributed by atoms with Gasteiger partial charge in [0.2, 0.25) is 0 Å². The third kappa shape index (κ3) is 4.43. The van der Waals surface area contributed by atoms with E-state index in [9.17, 15) is 14.4 Å². The molecule has 3 aromatic carbocycles. The Labute approximate surface area is 225 Å². The molecule has 1 aliphatic heterocycles. The standard InChI is InChI=1S/C28H20BrClN2O3S/c1-16-13-19(17(2)32(16)24-12-11-23(29)21-5-3-4-6-22(21)24)14-26-27(34)31(28(35)36-26)15-25(33)18-7-9-20(30)10-8-18/h3-14H,15H2,1-2H3/b26-14-. The van der Waals surface area contributed by atoms with Gasteiger partial charge < -0.3 is 4.57 Å². The average Bonchev–Trinajstić information content (AvgIpc) is 3.29. The molecule has 0 spiro atoms. The van der Waals surface area contributed by atoms with Crippen LogP contribution in [0.3, 0.4) is 0 Å². The normalized spacial score (nSPS) is 14.9.